The number of aryl methyl sites for hydroxylation is 1. The van der Waals surface area contributed by atoms with Crippen molar-refractivity contribution >= 4 is 16.2 Å². The van der Waals surface area contributed by atoms with Gasteiger partial charge in [-0.3, -0.25) is 4.79 Å². The van der Waals surface area contributed by atoms with Gasteiger partial charge in [0.25, 0.3) is 0 Å². The van der Waals surface area contributed by atoms with E-state index < -0.39 is 14.7 Å². The highest BCUT2D eigenvalue weighted by atomic mass is 32.2. The number of hydrogen-bond acceptors (Lipinski definition) is 5. The summed E-state index contributed by atoms with van der Waals surface area (Å²) < 4.78 is 37.6. The molecular formula is C19H19NO5S. The minimum Gasteiger partial charge on any atom is -0.461 e. The molecule has 0 fully saturated rings. The summed E-state index contributed by atoms with van der Waals surface area (Å²) in [6, 6.07) is 15.5. The van der Waals surface area contributed by atoms with Crippen LogP contribution in [-0.2, 0) is 30.5 Å². The molecule has 1 unspecified atom stereocenters. The third-order valence-electron chi connectivity index (χ3n) is 4.25. The highest BCUT2D eigenvalue weighted by Crippen LogP contribution is 2.36. The number of hydrogen-bond donors (Lipinski definition) is 1. The van der Waals surface area contributed by atoms with E-state index in [1.807, 2.05) is 13.0 Å². The highest BCUT2D eigenvalue weighted by Gasteiger charge is 2.51. The maximum atomic E-state index is 13.5. The summed E-state index contributed by atoms with van der Waals surface area (Å²) in [5, 5.41) is 2.50. The third kappa shape index (κ3) is 3.17. The molecule has 1 atom stereocenters. The van der Waals surface area contributed by atoms with Crippen LogP contribution in [0.25, 0.3) is 0 Å². The fourth-order valence-corrected chi connectivity index (χ4v) is 4.69. The van der Waals surface area contributed by atoms with Gasteiger partial charge in [0.2, 0.25) is 27.9 Å². The lowest BCUT2D eigenvalue weighted by atomic mass is 10.0. The summed E-state index contributed by atoms with van der Waals surface area (Å²) in [5.74, 6) is 0.0500. The van der Waals surface area contributed by atoms with Crippen molar-refractivity contribution in [3.63, 3.8) is 0 Å². The molecule has 1 aliphatic heterocycles. The Hall–Kier alpha value is -2.80. The Labute approximate surface area is 152 Å². The molecule has 1 aliphatic rings. The normalized spacial score (nSPS) is 16.0. The van der Waals surface area contributed by atoms with Crippen LogP contribution in [-0.4, -0.2) is 26.5 Å². The van der Waals surface area contributed by atoms with Crippen LogP contribution in [0.15, 0.2) is 71.5 Å². The van der Waals surface area contributed by atoms with E-state index in [1.165, 1.54) is 18.4 Å². The molecule has 7 heteroatoms. The van der Waals surface area contributed by atoms with Crippen LogP contribution in [0.3, 0.4) is 0 Å². The van der Waals surface area contributed by atoms with Gasteiger partial charge < -0.3 is 14.8 Å². The van der Waals surface area contributed by atoms with Crippen molar-refractivity contribution in [3.05, 3.63) is 77.7 Å². The summed E-state index contributed by atoms with van der Waals surface area (Å²) in [6.45, 7) is 1.77. The van der Waals surface area contributed by atoms with Gasteiger partial charge in [0.05, 0.1) is 4.90 Å². The molecule has 6 nitrogen and oxygen atoms in total. The second kappa shape index (κ2) is 7.21. The summed E-state index contributed by atoms with van der Waals surface area (Å²) >= 11 is 0. The summed E-state index contributed by atoms with van der Waals surface area (Å²) in [4.78, 5) is 9.68. The van der Waals surface area contributed by atoms with Gasteiger partial charge >= 0.3 is 0 Å². The van der Waals surface area contributed by atoms with E-state index >= 15 is 0 Å². The number of carbonyl (C=O) groups excluding carboxylic acids is 1. The molecule has 1 heterocycles. The van der Waals surface area contributed by atoms with Crippen LogP contribution in [0.4, 0.5) is 0 Å². The Morgan fingerprint density at radius 3 is 2.38 bits per heavy atom. The summed E-state index contributed by atoms with van der Waals surface area (Å²) in [6.07, 6.45) is 1.61. The fraction of sp³-hybridized carbons (Fsp3) is 0.211. The number of rotatable bonds is 7. The van der Waals surface area contributed by atoms with Gasteiger partial charge in [-0.15, -0.1) is 0 Å². The molecule has 26 heavy (non-hydrogen) atoms. The average Bonchev–Trinajstić information content (AvgIpc) is 3.17. The molecule has 1 amide bonds. The van der Waals surface area contributed by atoms with Crippen molar-refractivity contribution in [3.8, 4) is 0 Å². The van der Waals surface area contributed by atoms with E-state index in [0.717, 1.165) is 11.1 Å². The lowest BCUT2D eigenvalue weighted by molar-refractivity contribution is -0.110. The van der Waals surface area contributed by atoms with Crippen molar-refractivity contribution < 1.29 is 22.7 Å². The van der Waals surface area contributed by atoms with Crippen molar-refractivity contribution in [1.29, 1.82) is 0 Å². The maximum Gasteiger partial charge on any atom is 0.230 e. The van der Waals surface area contributed by atoms with Crippen LogP contribution >= 0.6 is 0 Å². The molecule has 2 aromatic carbocycles. The second-order valence-electron chi connectivity index (χ2n) is 5.98. The smallest absolute Gasteiger partial charge is 0.230 e. The highest BCUT2D eigenvalue weighted by molar-refractivity contribution is 7.93. The molecule has 0 aliphatic carbocycles. The van der Waals surface area contributed by atoms with E-state index in [4.69, 9.17) is 9.47 Å². The predicted octanol–water partition coefficient (Wildman–Crippen LogP) is 2.30. The minimum atomic E-state index is -4.04. The first kappa shape index (κ1) is 18.0. The Morgan fingerprint density at radius 1 is 1.12 bits per heavy atom. The number of benzene rings is 2. The monoisotopic (exact) mass is 373 g/mol. The summed E-state index contributed by atoms with van der Waals surface area (Å²) in [5.41, 5.74) is 1.66. The molecule has 0 saturated carbocycles. The molecule has 2 aromatic rings. The summed E-state index contributed by atoms with van der Waals surface area (Å²) in [7, 11) is -4.04. The Bertz CT molecular complexity index is 907. The van der Waals surface area contributed by atoms with Crippen molar-refractivity contribution in [2.75, 3.05) is 6.79 Å². The number of carbonyl (C=O) groups is 1. The van der Waals surface area contributed by atoms with Gasteiger partial charge in [-0.1, -0.05) is 48.0 Å². The topological polar surface area (TPSA) is 81.7 Å². The quantitative estimate of drug-likeness (QED) is 0.753. The average molecular weight is 373 g/mol. The van der Waals surface area contributed by atoms with E-state index in [1.54, 1.807) is 36.4 Å². The van der Waals surface area contributed by atoms with Crippen LogP contribution < -0.4 is 5.32 Å². The molecule has 136 valence electrons. The number of ether oxygens (including phenoxy) is 2. The van der Waals surface area contributed by atoms with E-state index in [0.29, 0.717) is 6.41 Å². The minimum absolute atomic E-state index is 0.00200. The lowest BCUT2D eigenvalue weighted by Crippen LogP contribution is -2.54. The van der Waals surface area contributed by atoms with Crippen LogP contribution in [0, 0.1) is 6.92 Å². The van der Waals surface area contributed by atoms with E-state index in [2.05, 4.69) is 5.32 Å². The Balaban J connectivity index is 2.18. The molecule has 0 bridgehead atoms. The molecular weight excluding hydrogens is 354 g/mol. The van der Waals surface area contributed by atoms with Crippen LogP contribution in [0.1, 0.15) is 11.1 Å². The molecule has 0 radical (unpaired) electrons. The van der Waals surface area contributed by atoms with Gasteiger partial charge in [0.15, 0.2) is 5.76 Å². The fourth-order valence-electron chi connectivity index (χ4n) is 2.86. The van der Waals surface area contributed by atoms with E-state index in [-0.39, 0.29) is 23.9 Å². The van der Waals surface area contributed by atoms with Gasteiger partial charge in [0, 0.05) is 6.42 Å². The van der Waals surface area contributed by atoms with Crippen molar-refractivity contribution in [2.24, 2.45) is 0 Å². The van der Waals surface area contributed by atoms with Gasteiger partial charge in [0.1, 0.15) is 6.26 Å². The molecule has 0 aromatic heterocycles. The first-order valence-corrected chi connectivity index (χ1v) is 9.49. The van der Waals surface area contributed by atoms with Crippen molar-refractivity contribution in [1.82, 2.24) is 5.32 Å². The SMILES string of the molecule is Cc1ccc(S(=O)(=O)C(Cc2ccccc2)(NC=O)C2=COCO2)cc1. The number of nitrogens with one attached hydrogen (secondary N) is 1. The lowest BCUT2D eigenvalue weighted by Gasteiger charge is -2.32. The van der Waals surface area contributed by atoms with Gasteiger partial charge in [-0.2, -0.15) is 0 Å². The largest absolute Gasteiger partial charge is 0.461 e. The zero-order chi connectivity index (χ0) is 18.6. The number of sulfone groups is 1. The van der Waals surface area contributed by atoms with Crippen LogP contribution in [0.2, 0.25) is 0 Å². The van der Waals surface area contributed by atoms with Gasteiger partial charge in [-0.05, 0) is 24.6 Å². The Kier molecular flexibility index (Phi) is 4.99. The van der Waals surface area contributed by atoms with E-state index in [9.17, 15) is 13.2 Å². The first-order chi connectivity index (χ1) is 12.5. The number of amides is 1. The predicted molar refractivity (Wildman–Crippen MR) is 95.6 cm³/mol. The van der Waals surface area contributed by atoms with Crippen molar-refractivity contribution in [2.45, 2.75) is 23.1 Å². The molecule has 0 saturated heterocycles. The van der Waals surface area contributed by atoms with Gasteiger partial charge in [-0.25, -0.2) is 8.42 Å². The van der Waals surface area contributed by atoms with Crippen LogP contribution in [0.5, 0.6) is 0 Å². The standard InChI is InChI=1S/C19H19NO5S/c1-15-7-9-17(10-8-15)26(22,23)19(20-13-21,18-12-24-14-25-18)11-16-5-3-2-4-6-16/h2-10,12-13H,11,14H2,1H3,(H,20,21). The first-order valence-electron chi connectivity index (χ1n) is 8.01. The molecule has 3 rings (SSSR count). The molecule has 1 N–H and O–H groups in total. The zero-order valence-electron chi connectivity index (χ0n) is 14.2. The second-order valence-corrected chi connectivity index (χ2v) is 8.15. The molecule has 0 spiro atoms. The maximum absolute atomic E-state index is 13.5. The third-order valence-corrected chi connectivity index (χ3v) is 6.52. The Morgan fingerprint density at radius 2 is 1.81 bits per heavy atom. The zero-order valence-corrected chi connectivity index (χ0v) is 15.0.